The number of ether oxygens (including phenoxy) is 2. The highest BCUT2D eigenvalue weighted by molar-refractivity contribution is 5.98. The molecule has 0 fully saturated rings. The lowest BCUT2D eigenvalue weighted by Gasteiger charge is -2.12. The largest absolute Gasteiger partial charge is 0.495 e. The monoisotopic (exact) mass is 438 g/mol. The molecule has 2 N–H and O–H groups in total. The first kappa shape index (κ1) is 23.0. The Labute approximate surface area is 186 Å². The molecule has 2 aromatic rings. The molecule has 8 nitrogen and oxygen atoms in total. The van der Waals surface area contributed by atoms with Crippen LogP contribution >= 0.6 is 0 Å². The van der Waals surface area contributed by atoms with Crippen molar-refractivity contribution in [3.05, 3.63) is 53.1 Å². The first-order chi connectivity index (χ1) is 15.4. The smallest absolute Gasteiger partial charge is 0.306 e. The molecule has 1 aliphatic rings. The van der Waals surface area contributed by atoms with Crippen LogP contribution in [0.2, 0.25) is 0 Å². The van der Waals surface area contributed by atoms with Crippen LogP contribution in [0.15, 0.2) is 36.4 Å². The van der Waals surface area contributed by atoms with Gasteiger partial charge in [0.15, 0.2) is 12.4 Å². The Bertz CT molecular complexity index is 1050. The van der Waals surface area contributed by atoms with Crippen molar-refractivity contribution in [1.29, 1.82) is 0 Å². The fourth-order valence-corrected chi connectivity index (χ4v) is 3.60. The van der Waals surface area contributed by atoms with E-state index in [0.29, 0.717) is 22.7 Å². The summed E-state index contributed by atoms with van der Waals surface area (Å²) in [4.78, 5) is 47.8. The second kappa shape index (κ2) is 10.6. The number of Topliss-reactive ketones (excluding diaryl/α,β-unsaturated/α-hetero) is 1. The van der Waals surface area contributed by atoms with Crippen LogP contribution in [0.3, 0.4) is 0 Å². The number of fused-ring (bicyclic) bond motifs is 1. The fraction of sp³-hybridized carbons (Fsp3) is 0.333. The van der Waals surface area contributed by atoms with E-state index < -0.39 is 18.5 Å². The van der Waals surface area contributed by atoms with E-state index in [2.05, 4.69) is 10.6 Å². The third-order valence-electron chi connectivity index (χ3n) is 5.13. The van der Waals surface area contributed by atoms with Crippen molar-refractivity contribution in [2.45, 2.75) is 39.0 Å². The zero-order chi connectivity index (χ0) is 23.1. The minimum atomic E-state index is -0.631. The molecule has 0 radical (unpaired) electrons. The van der Waals surface area contributed by atoms with Crippen LogP contribution in [0.1, 0.15) is 47.7 Å². The van der Waals surface area contributed by atoms with Crippen molar-refractivity contribution < 1.29 is 28.7 Å². The number of ketones is 1. The standard InChI is InChI=1S/C24H26N2O6/c1-15(27)25-19-8-10-22(31-2)20(13-19)26-23(29)14-32-24(30)11-9-21(28)18-7-6-16-4-3-5-17(16)12-18/h6-8,10,12-13H,3-5,9,11,14H2,1-2H3,(H,25,27)(H,26,29). The van der Waals surface area contributed by atoms with Gasteiger partial charge < -0.3 is 20.1 Å². The molecule has 32 heavy (non-hydrogen) atoms. The summed E-state index contributed by atoms with van der Waals surface area (Å²) in [7, 11) is 1.45. The van der Waals surface area contributed by atoms with E-state index in [0.717, 1.165) is 19.3 Å². The maximum Gasteiger partial charge on any atom is 0.306 e. The quantitative estimate of drug-likeness (QED) is 0.459. The van der Waals surface area contributed by atoms with Gasteiger partial charge in [0.05, 0.1) is 19.2 Å². The molecular weight excluding hydrogens is 412 g/mol. The summed E-state index contributed by atoms with van der Waals surface area (Å²) >= 11 is 0. The van der Waals surface area contributed by atoms with Gasteiger partial charge in [-0.15, -0.1) is 0 Å². The predicted molar refractivity (Wildman–Crippen MR) is 119 cm³/mol. The molecule has 0 heterocycles. The van der Waals surface area contributed by atoms with Gasteiger partial charge in [-0.2, -0.15) is 0 Å². The molecular formula is C24H26N2O6. The molecule has 8 heteroatoms. The maximum atomic E-state index is 12.4. The SMILES string of the molecule is COc1ccc(NC(C)=O)cc1NC(=O)COC(=O)CCC(=O)c1ccc2c(c1)CCC2. The number of rotatable bonds is 9. The van der Waals surface area contributed by atoms with E-state index in [1.54, 1.807) is 18.2 Å². The molecule has 168 valence electrons. The third kappa shape index (κ3) is 6.16. The van der Waals surface area contributed by atoms with Crippen molar-refractivity contribution in [1.82, 2.24) is 0 Å². The van der Waals surface area contributed by atoms with E-state index >= 15 is 0 Å². The number of hydrogen-bond acceptors (Lipinski definition) is 6. The summed E-state index contributed by atoms with van der Waals surface area (Å²) in [6.07, 6.45) is 3.04. The van der Waals surface area contributed by atoms with E-state index in [1.807, 2.05) is 12.1 Å². The van der Waals surface area contributed by atoms with Crippen molar-refractivity contribution in [3.63, 3.8) is 0 Å². The number of methoxy groups -OCH3 is 1. The molecule has 1 aliphatic carbocycles. The van der Waals surface area contributed by atoms with Gasteiger partial charge in [-0.25, -0.2) is 0 Å². The second-order valence-electron chi connectivity index (χ2n) is 7.57. The van der Waals surface area contributed by atoms with Crippen LogP contribution in [-0.4, -0.2) is 37.3 Å². The second-order valence-corrected chi connectivity index (χ2v) is 7.57. The van der Waals surface area contributed by atoms with E-state index in [9.17, 15) is 19.2 Å². The van der Waals surface area contributed by atoms with E-state index in [4.69, 9.17) is 9.47 Å². The van der Waals surface area contributed by atoms with Gasteiger partial charge in [-0.3, -0.25) is 19.2 Å². The van der Waals surface area contributed by atoms with Crippen LogP contribution in [0, 0.1) is 0 Å². The summed E-state index contributed by atoms with van der Waals surface area (Å²) in [5, 5.41) is 5.20. The van der Waals surface area contributed by atoms with Crippen LogP contribution in [0.4, 0.5) is 11.4 Å². The Kier molecular flexibility index (Phi) is 7.59. The van der Waals surface area contributed by atoms with Crippen LogP contribution in [-0.2, 0) is 32.0 Å². The maximum absolute atomic E-state index is 12.4. The molecule has 0 saturated carbocycles. The number of carbonyl (C=O) groups is 4. The number of nitrogens with one attached hydrogen (secondary N) is 2. The zero-order valence-corrected chi connectivity index (χ0v) is 18.2. The number of carbonyl (C=O) groups excluding carboxylic acids is 4. The molecule has 0 unspecified atom stereocenters. The minimum absolute atomic E-state index is 0.0197. The van der Waals surface area contributed by atoms with Crippen molar-refractivity contribution in [2.24, 2.45) is 0 Å². The number of amides is 2. The summed E-state index contributed by atoms with van der Waals surface area (Å²) in [5.41, 5.74) is 3.89. The first-order valence-corrected chi connectivity index (χ1v) is 10.4. The van der Waals surface area contributed by atoms with Gasteiger partial charge in [0, 0.05) is 24.6 Å². The first-order valence-electron chi connectivity index (χ1n) is 10.4. The topological polar surface area (TPSA) is 111 Å². The number of anilines is 2. The molecule has 0 aromatic heterocycles. The highest BCUT2D eigenvalue weighted by Crippen LogP contribution is 2.28. The number of benzene rings is 2. The molecule has 0 atom stereocenters. The Morgan fingerprint density at radius 3 is 2.47 bits per heavy atom. The Hall–Kier alpha value is -3.68. The molecule has 2 aromatic carbocycles. The lowest BCUT2D eigenvalue weighted by molar-refractivity contribution is -0.147. The van der Waals surface area contributed by atoms with Gasteiger partial charge in [-0.1, -0.05) is 12.1 Å². The average Bonchev–Trinajstić information content (AvgIpc) is 3.23. The predicted octanol–water partition coefficient (Wildman–Crippen LogP) is 3.29. The van der Waals surface area contributed by atoms with Gasteiger partial charge in [0.1, 0.15) is 5.75 Å². The summed E-state index contributed by atoms with van der Waals surface area (Å²) in [6, 6.07) is 10.5. The van der Waals surface area contributed by atoms with Crippen molar-refractivity contribution >= 4 is 34.9 Å². The number of aryl methyl sites for hydroxylation is 2. The molecule has 0 spiro atoms. The van der Waals surface area contributed by atoms with Gasteiger partial charge >= 0.3 is 5.97 Å². The Morgan fingerprint density at radius 1 is 0.938 bits per heavy atom. The molecule has 0 saturated heterocycles. The Morgan fingerprint density at radius 2 is 1.72 bits per heavy atom. The summed E-state index contributed by atoms with van der Waals surface area (Å²) in [6.45, 7) is 0.871. The lowest BCUT2D eigenvalue weighted by atomic mass is 10.0. The molecule has 0 bridgehead atoms. The van der Waals surface area contributed by atoms with Crippen molar-refractivity contribution in [2.75, 3.05) is 24.4 Å². The van der Waals surface area contributed by atoms with E-state index in [1.165, 1.54) is 31.2 Å². The summed E-state index contributed by atoms with van der Waals surface area (Å²) < 4.78 is 10.2. The highest BCUT2D eigenvalue weighted by Gasteiger charge is 2.16. The lowest BCUT2D eigenvalue weighted by Crippen LogP contribution is -2.21. The van der Waals surface area contributed by atoms with Gasteiger partial charge in [-0.05, 0) is 54.7 Å². The van der Waals surface area contributed by atoms with Crippen molar-refractivity contribution in [3.8, 4) is 5.75 Å². The number of hydrogen-bond donors (Lipinski definition) is 2. The van der Waals surface area contributed by atoms with Crippen LogP contribution in [0.25, 0.3) is 0 Å². The molecule has 2 amide bonds. The van der Waals surface area contributed by atoms with E-state index in [-0.39, 0.29) is 24.5 Å². The zero-order valence-electron chi connectivity index (χ0n) is 18.2. The normalized spacial score (nSPS) is 11.9. The summed E-state index contributed by atoms with van der Waals surface area (Å²) in [5.74, 6) is -1.19. The molecule has 3 rings (SSSR count). The van der Waals surface area contributed by atoms with Crippen LogP contribution < -0.4 is 15.4 Å². The van der Waals surface area contributed by atoms with Gasteiger partial charge in [0.25, 0.3) is 5.91 Å². The molecule has 0 aliphatic heterocycles. The minimum Gasteiger partial charge on any atom is -0.495 e. The Balaban J connectivity index is 1.47. The van der Waals surface area contributed by atoms with Gasteiger partial charge in [0.2, 0.25) is 5.91 Å². The number of esters is 1. The third-order valence-corrected chi connectivity index (χ3v) is 5.13. The van der Waals surface area contributed by atoms with Crippen LogP contribution in [0.5, 0.6) is 5.75 Å². The highest BCUT2D eigenvalue weighted by atomic mass is 16.5. The fourth-order valence-electron chi connectivity index (χ4n) is 3.60. The average molecular weight is 438 g/mol.